The van der Waals surface area contributed by atoms with E-state index in [0.717, 1.165) is 38.2 Å². The molecule has 0 aliphatic rings. The summed E-state index contributed by atoms with van der Waals surface area (Å²) in [6.07, 6.45) is -3.04. The number of primary amides is 1. The number of urea groups is 1. The average molecular weight is 463 g/mol. The Bertz CT molecular complexity index is 1290. The van der Waals surface area contributed by atoms with E-state index in [1.165, 1.54) is 17.4 Å². The highest BCUT2D eigenvalue weighted by molar-refractivity contribution is 7.17. The quantitative estimate of drug-likeness (QED) is 0.367. The van der Waals surface area contributed by atoms with Gasteiger partial charge in [-0.3, -0.25) is 4.90 Å². The van der Waals surface area contributed by atoms with E-state index >= 15 is 0 Å². The van der Waals surface area contributed by atoms with Crippen molar-refractivity contribution in [2.24, 2.45) is 5.73 Å². The summed E-state index contributed by atoms with van der Waals surface area (Å²) in [5.74, 6) is 0.400. The number of hydrogen-bond acceptors (Lipinski definition) is 4. The minimum Gasteiger partial charge on any atom is -0.383 e. The first-order chi connectivity index (χ1) is 14.7. The van der Waals surface area contributed by atoms with E-state index in [9.17, 15) is 18.0 Å². The highest BCUT2D eigenvalue weighted by Gasteiger charge is 2.34. The van der Waals surface area contributed by atoms with Gasteiger partial charge in [-0.2, -0.15) is 13.2 Å². The van der Waals surface area contributed by atoms with Crippen LogP contribution in [0, 0.1) is 0 Å². The van der Waals surface area contributed by atoms with Gasteiger partial charge in [0.15, 0.2) is 0 Å². The summed E-state index contributed by atoms with van der Waals surface area (Å²) in [4.78, 5) is 17.2. The number of thiophene rings is 1. The van der Waals surface area contributed by atoms with Crippen molar-refractivity contribution in [1.29, 1.82) is 0 Å². The summed E-state index contributed by atoms with van der Waals surface area (Å²) in [5, 5.41) is 2.30. The molecule has 0 saturated heterocycles. The third kappa shape index (κ3) is 3.89. The van der Waals surface area contributed by atoms with Gasteiger partial charge in [-0.15, -0.1) is 11.3 Å². The van der Waals surface area contributed by atoms with Crippen molar-refractivity contribution in [2.45, 2.75) is 6.18 Å². The van der Waals surface area contributed by atoms with Crippen LogP contribution in [0.25, 0.3) is 21.2 Å². The third-order valence-corrected chi connectivity index (χ3v) is 5.96. The lowest BCUT2D eigenvalue weighted by Crippen LogP contribution is -2.31. The number of fused-ring (bicyclic) bond motifs is 1. The zero-order chi connectivity index (χ0) is 22.3. The summed E-state index contributed by atoms with van der Waals surface area (Å²) in [6.45, 7) is 0. The van der Waals surface area contributed by atoms with Crippen molar-refractivity contribution in [2.75, 3.05) is 10.6 Å². The zero-order valence-corrected chi connectivity index (χ0v) is 17.2. The lowest BCUT2D eigenvalue weighted by molar-refractivity contribution is -0.137. The Kier molecular flexibility index (Phi) is 5.24. The van der Waals surface area contributed by atoms with Crippen LogP contribution in [-0.2, 0) is 6.18 Å². The van der Waals surface area contributed by atoms with Gasteiger partial charge in [0.1, 0.15) is 5.82 Å². The van der Waals surface area contributed by atoms with Crippen molar-refractivity contribution < 1.29 is 18.0 Å². The van der Waals surface area contributed by atoms with Gasteiger partial charge in [-0.25, -0.2) is 9.78 Å². The maximum absolute atomic E-state index is 13.2. The maximum Gasteiger partial charge on any atom is 0.417 e. The average Bonchev–Trinajstić information content (AvgIpc) is 3.14. The Morgan fingerprint density at radius 3 is 2.39 bits per heavy atom. The van der Waals surface area contributed by atoms with Crippen LogP contribution >= 0.6 is 22.9 Å². The minimum atomic E-state index is -4.67. The number of rotatable bonds is 3. The molecule has 0 atom stereocenters. The Balaban J connectivity index is 1.75. The van der Waals surface area contributed by atoms with Crippen molar-refractivity contribution >= 4 is 56.2 Å². The van der Waals surface area contributed by atoms with E-state index in [1.54, 1.807) is 30.5 Å². The molecule has 2 amide bonds. The van der Waals surface area contributed by atoms with E-state index in [2.05, 4.69) is 4.98 Å². The van der Waals surface area contributed by atoms with E-state index in [4.69, 9.17) is 23.1 Å². The van der Waals surface area contributed by atoms with Crippen molar-refractivity contribution in [3.8, 4) is 11.1 Å². The van der Waals surface area contributed by atoms with E-state index in [1.807, 2.05) is 11.4 Å². The van der Waals surface area contributed by atoms with Gasteiger partial charge in [-0.1, -0.05) is 23.7 Å². The highest BCUT2D eigenvalue weighted by Crippen LogP contribution is 2.40. The van der Waals surface area contributed by atoms with Crippen LogP contribution in [0.5, 0.6) is 0 Å². The lowest BCUT2D eigenvalue weighted by Gasteiger charge is -2.22. The van der Waals surface area contributed by atoms with Gasteiger partial charge in [0, 0.05) is 21.8 Å². The Labute approximate surface area is 183 Å². The van der Waals surface area contributed by atoms with E-state index in [-0.39, 0.29) is 5.69 Å². The van der Waals surface area contributed by atoms with Crippen LogP contribution in [0.1, 0.15) is 5.56 Å². The van der Waals surface area contributed by atoms with Crippen LogP contribution in [0.2, 0.25) is 5.02 Å². The predicted molar refractivity (Wildman–Crippen MR) is 118 cm³/mol. The number of amides is 2. The van der Waals surface area contributed by atoms with Gasteiger partial charge >= 0.3 is 12.2 Å². The zero-order valence-electron chi connectivity index (χ0n) is 15.7. The van der Waals surface area contributed by atoms with Crippen LogP contribution < -0.4 is 16.4 Å². The second-order valence-corrected chi connectivity index (χ2v) is 7.92. The number of pyridine rings is 1. The standard InChI is InChI=1S/C21H14ClF3N4OS/c22-16-6-5-13(9-15(16)21(23,24)25)29(20(27)30)12-3-1-11(2-4-12)14-10-31-17-7-8-28-19(26)18(14)17/h1-10H,(H2,26,28)(H2,27,30). The fourth-order valence-corrected chi connectivity index (χ4v) is 4.48. The number of nitrogens with zero attached hydrogens (tertiary/aromatic N) is 2. The van der Waals surface area contributed by atoms with Crippen LogP contribution in [0.15, 0.2) is 60.1 Å². The number of benzene rings is 2. The molecule has 0 aliphatic heterocycles. The number of alkyl halides is 3. The molecule has 4 N–H and O–H groups in total. The molecule has 4 aromatic rings. The second kappa shape index (κ2) is 7.75. The molecule has 0 spiro atoms. The smallest absolute Gasteiger partial charge is 0.383 e. The molecule has 0 radical (unpaired) electrons. The molecule has 4 rings (SSSR count). The first-order valence-corrected chi connectivity index (χ1v) is 10.1. The molecule has 0 bridgehead atoms. The van der Waals surface area contributed by atoms with Crippen LogP contribution in [0.4, 0.5) is 35.2 Å². The fourth-order valence-electron chi connectivity index (χ4n) is 3.29. The number of hydrogen-bond donors (Lipinski definition) is 2. The summed E-state index contributed by atoms with van der Waals surface area (Å²) < 4.78 is 40.7. The number of carbonyl (C=O) groups is 1. The maximum atomic E-state index is 13.2. The monoisotopic (exact) mass is 462 g/mol. The van der Waals surface area contributed by atoms with Gasteiger partial charge < -0.3 is 11.5 Å². The SMILES string of the molecule is NC(=O)N(c1ccc(-c2csc3ccnc(N)c23)cc1)c1ccc(Cl)c(C(F)(F)F)c1. The minimum absolute atomic E-state index is 0.0496. The topological polar surface area (TPSA) is 85.2 Å². The molecule has 2 aromatic heterocycles. The van der Waals surface area contributed by atoms with Gasteiger partial charge in [0.05, 0.1) is 22.0 Å². The first kappa shape index (κ1) is 21.0. The first-order valence-electron chi connectivity index (χ1n) is 8.85. The highest BCUT2D eigenvalue weighted by atomic mass is 35.5. The molecule has 0 aliphatic carbocycles. The molecular formula is C21H14ClF3N4OS. The van der Waals surface area contributed by atoms with E-state index < -0.39 is 22.8 Å². The fraction of sp³-hybridized carbons (Fsp3) is 0.0476. The largest absolute Gasteiger partial charge is 0.417 e. The summed E-state index contributed by atoms with van der Waals surface area (Å²) >= 11 is 7.20. The number of aromatic nitrogens is 1. The number of nitrogen functional groups attached to an aromatic ring is 1. The summed E-state index contributed by atoms with van der Waals surface area (Å²) in [6, 6.07) is 10.8. The second-order valence-electron chi connectivity index (χ2n) is 6.60. The predicted octanol–water partition coefficient (Wildman–Crippen LogP) is 6.43. The lowest BCUT2D eigenvalue weighted by atomic mass is 10.0. The van der Waals surface area contributed by atoms with Crippen LogP contribution in [0.3, 0.4) is 0 Å². The van der Waals surface area contributed by atoms with E-state index in [0.29, 0.717) is 11.5 Å². The summed E-state index contributed by atoms with van der Waals surface area (Å²) in [5.41, 5.74) is 12.4. The number of carbonyl (C=O) groups excluding carboxylic acids is 1. The molecule has 158 valence electrons. The molecular weight excluding hydrogens is 449 g/mol. The number of nitrogens with two attached hydrogens (primary N) is 2. The molecule has 0 fully saturated rings. The Morgan fingerprint density at radius 1 is 1.06 bits per heavy atom. The van der Waals surface area contributed by atoms with Crippen molar-refractivity contribution in [1.82, 2.24) is 4.98 Å². The molecule has 2 heterocycles. The number of anilines is 3. The van der Waals surface area contributed by atoms with Gasteiger partial charge in [0.2, 0.25) is 0 Å². The molecule has 10 heteroatoms. The Hall–Kier alpha value is -3.30. The number of halogens is 4. The Morgan fingerprint density at radius 2 is 1.74 bits per heavy atom. The molecule has 31 heavy (non-hydrogen) atoms. The summed E-state index contributed by atoms with van der Waals surface area (Å²) in [7, 11) is 0. The van der Waals surface area contributed by atoms with Crippen molar-refractivity contribution in [3.63, 3.8) is 0 Å². The van der Waals surface area contributed by atoms with Gasteiger partial charge in [0.25, 0.3) is 0 Å². The van der Waals surface area contributed by atoms with Gasteiger partial charge in [-0.05, 0) is 47.3 Å². The normalized spacial score (nSPS) is 11.6. The third-order valence-electron chi connectivity index (χ3n) is 4.69. The molecule has 0 unspecified atom stereocenters. The molecule has 2 aromatic carbocycles. The van der Waals surface area contributed by atoms with Crippen LogP contribution in [-0.4, -0.2) is 11.0 Å². The van der Waals surface area contributed by atoms with Crippen molar-refractivity contribution in [3.05, 3.63) is 70.7 Å². The molecule has 5 nitrogen and oxygen atoms in total. The molecule has 0 saturated carbocycles.